The summed E-state index contributed by atoms with van der Waals surface area (Å²) < 4.78 is 5.38. The summed E-state index contributed by atoms with van der Waals surface area (Å²) in [4.78, 5) is 28.4. The number of rotatable bonds is 4. The largest absolute Gasteiger partial charge is 0.378 e. The maximum absolute atomic E-state index is 12.6. The van der Waals surface area contributed by atoms with Gasteiger partial charge in [0, 0.05) is 25.3 Å². The Morgan fingerprint density at radius 1 is 1.31 bits per heavy atom. The molecule has 1 N–H and O–H groups in total. The monoisotopic (exact) mass is 371 g/mol. The first-order chi connectivity index (χ1) is 12.5. The topological polar surface area (TPSA) is 61.9 Å². The molecule has 0 atom stereocenters. The van der Waals surface area contributed by atoms with Crippen LogP contribution in [0.1, 0.15) is 11.1 Å². The van der Waals surface area contributed by atoms with Crippen molar-refractivity contribution in [1.82, 2.24) is 10.2 Å². The molecule has 1 aromatic rings. The zero-order valence-electron chi connectivity index (χ0n) is 14.7. The van der Waals surface area contributed by atoms with Crippen LogP contribution in [0, 0.1) is 6.92 Å². The molecule has 7 heteroatoms. The van der Waals surface area contributed by atoms with Gasteiger partial charge in [-0.1, -0.05) is 12.1 Å². The van der Waals surface area contributed by atoms with Gasteiger partial charge in [-0.2, -0.15) is 0 Å². The Balaban J connectivity index is 1.88. The van der Waals surface area contributed by atoms with Crippen molar-refractivity contribution in [3.8, 4) is 0 Å². The highest BCUT2D eigenvalue weighted by Gasteiger charge is 2.32. The van der Waals surface area contributed by atoms with Crippen LogP contribution in [-0.2, 0) is 14.3 Å². The van der Waals surface area contributed by atoms with Gasteiger partial charge >= 0.3 is 0 Å². The summed E-state index contributed by atoms with van der Waals surface area (Å²) in [5.74, 6) is -0.882. The third-order valence-electron chi connectivity index (χ3n) is 4.43. The van der Waals surface area contributed by atoms with Gasteiger partial charge < -0.3 is 9.64 Å². The Morgan fingerprint density at radius 3 is 2.69 bits per heavy atom. The molecule has 0 saturated carbocycles. The van der Waals surface area contributed by atoms with Crippen molar-refractivity contribution in [2.75, 3.05) is 37.7 Å². The number of anilines is 1. The lowest BCUT2D eigenvalue weighted by molar-refractivity contribution is -0.128. The molecule has 0 spiro atoms. The number of amides is 2. The van der Waals surface area contributed by atoms with E-state index in [0.717, 1.165) is 43.1 Å². The molecule has 0 bridgehead atoms. The van der Waals surface area contributed by atoms with Crippen LogP contribution in [0.2, 0.25) is 0 Å². The second-order valence-electron chi connectivity index (χ2n) is 6.16. The van der Waals surface area contributed by atoms with Gasteiger partial charge in [-0.3, -0.25) is 19.8 Å². The molecule has 2 aliphatic heterocycles. The summed E-state index contributed by atoms with van der Waals surface area (Å²) in [6, 6.07) is 6.00. The molecule has 1 aromatic carbocycles. The number of nitrogens with zero attached hydrogens (tertiary/aromatic N) is 2. The van der Waals surface area contributed by atoms with Crippen LogP contribution in [0.25, 0.3) is 6.08 Å². The first-order valence-electron chi connectivity index (χ1n) is 8.44. The van der Waals surface area contributed by atoms with Crippen LogP contribution in [0.3, 0.4) is 0 Å². The minimum atomic E-state index is -0.475. The lowest BCUT2D eigenvalue weighted by atomic mass is 10.0. The molecule has 2 saturated heterocycles. The number of carbonyl (C=O) groups excluding carboxylic acids is 2. The number of hydrogen-bond donors (Lipinski definition) is 1. The summed E-state index contributed by atoms with van der Waals surface area (Å²) in [6.45, 7) is 8.99. The van der Waals surface area contributed by atoms with Gasteiger partial charge in [-0.25, -0.2) is 0 Å². The molecule has 2 heterocycles. The van der Waals surface area contributed by atoms with E-state index in [-0.39, 0.29) is 17.2 Å². The molecule has 6 nitrogen and oxygen atoms in total. The zero-order chi connectivity index (χ0) is 18.7. The van der Waals surface area contributed by atoms with Gasteiger partial charge in [-0.15, -0.1) is 6.58 Å². The van der Waals surface area contributed by atoms with E-state index in [2.05, 4.69) is 22.9 Å². The second kappa shape index (κ2) is 7.80. The van der Waals surface area contributed by atoms with Crippen molar-refractivity contribution >= 4 is 40.9 Å². The Hall–Kier alpha value is -2.51. The van der Waals surface area contributed by atoms with Crippen LogP contribution in [0.5, 0.6) is 0 Å². The van der Waals surface area contributed by atoms with Gasteiger partial charge in [-0.05, 0) is 48.5 Å². The Morgan fingerprint density at radius 2 is 2.04 bits per heavy atom. The summed E-state index contributed by atoms with van der Waals surface area (Å²) in [5, 5.41) is 2.66. The van der Waals surface area contributed by atoms with E-state index in [4.69, 9.17) is 17.0 Å². The van der Waals surface area contributed by atoms with Gasteiger partial charge in [0.05, 0.1) is 13.2 Å². The van der Waals surface area contributed by atoms with E-state index in [1.54, 1.807) is 12.2 Å². The highest BCUT2D eigenvalue weighted by atomic mass is 32.1. The molecule has 0 aromatic heterocycles. The lowest BCUT2D eigenvalue weighted by Crippen LogP contribution is -2.53. The molecule has 2 aliphatic rings. The standard InChI is InChI=1S/C19H21N3O3S/c1-3-6-22-18(24)16(17(23)20-19(22)26)12-14-4-5-15(11-13(14)2)21-7-9-25-10-8-21/h3-5,11-12H,1,6-10H2,2H3,(H,20,23,26). The first kappa shape index (κ1) is 18.3. The number of ether oxygens (including phenoxy) is 1. The molecule has 2 amide bonds. The van der Waals surface area contributed by atoms with Crippen molar-refractivity contribution in [2.24, 2.45) is 0 Å². The number of aryl methyl sites for hydroxylation is 1. The van der Waals surface area contributed by atoms with Crippen molar-refractivity contribution in [2.45, 2.75) is 6.92 Å². The van der Waals surface area contributed by atoms with Crippen LogP contribution in [0.4, 0.5) is 5.69 Å². The van der Waals surface area contributed by atoms with Gasteiger partial charge in [0.25, 0.3) is 11.8 Å². The molecule has 2 fully saturated rings. The molecule has 3 rings (SSSR count). The molecule has 0 aliphatic carbocycles. The van der Waals surface area contributed by atoms with Crippen molar-refractivity contribution in [3.63, 3.8) is 0 Å². The third kappa shape index (κ3) is 3.68. The average molecular weight is 371 g/mol. The maximum atomic E-state index is 12.6. The average Bonchev–Trinajstić information content (AvgIpc) is 2.64. The fourth-order valence-corrected chi connectivity index (χ4v) is 3.23. The molecule has 136 valence electrons. The fraction of sp³-hybridized carbons (Fsp3) is 0.316. The number of benzene rings is 1. The van der Waals surface area contributed by atoms with Gasteiger partial charge in [0.15, 0.2) is 5.11 Å². The minimum Gasteiger partial charge on any atom is -0.378 e. The number of hydrogen-bond acceptors (Lipinski definition) is 5. The van der Waals surface area contributed by atoms with Crippen molar-refractivity contribution in [3.05, 3.63) is 47.6 Å². The fourth-order valence-electron chi connectivity index (χ4n) is 2.98. The molecule has 0 unspecified atom stereocenters. The quantitative estimate of drug-likeness (QED) is 0.377. The Labute approximate surface area is 158 Å². The van der Waals surface area contributed by atoms with E-state index in [9.17, 15) is 9.59 Å². The maximum Gasteiger partial charge on any atom is 0.265 e. The van der Waals surface area contributed by atoms with Crippen LogP contribution < -0.4 is 10.2 Å². The smallest absolute Gasteiger partial charge is 0.265 e. The third-order valence-corrected chi connectivity index (χ3v) is 4.75. The zero-order valence-corrected chi connectivity index (χ0v) is 15.5. The van der Waals surface area contributed by atoms with E-state index in [0.29, 0.717) is 0 Å². The summed E-state index contributed by atoms with van der Waals surface area (Å²) in [6.07, 6.45) is 3.19. The first-order valence-corrected chi connectivity index (χ1v) is 8.85. The summed E-state index contributed by atoms with van der Waals surface area (Å²) >= 11 is 5.06. The van der Waals surface area contributed by atoms with E-state index in [1.165, 1.54) is 4.90 Å². The van der Waals surface area contributed by atoms with E-state index in [1.807, 2.05) is 19.1 Å². The number of nitrogens with one attached hydrogen (secondary N) is 1. The molecular formula is C19H21N3O3S. The molecular weight excluding hydrogens is 350 g/mol. The van der Waals surface area contributed by atoms with Gasteiger partial charge in [0.1, 0.15) is 5.57 Å². The number of morpholine rings is 1. The predicted molar refractivity (Wildman–Crippen MR) is 105 cm³/mol. The summed E-state index contributed by atoms with van der Waals surface area (Å²) in [5.41, 5.74) is 3.00. The normalized spacial score (nSPS) is 19.7. The Kier molecular flexibility index (Phi) is 5.49. The van der Waals surface area contributed by atoms with Crippen LogP contribution in [0.15, 0.2) is 36.4 Å². The SMILES string of the molecule is C=CCN1C(=O)C(=Cc2ccc(N3CCOCC3)cc2C)C(=O)NC1=S. The van der Waals surface area contributed by atoms with E-state index < -0.39 is 11.8 Å². The van der Waals surface area contributed by atoms with Crippen molar-refractivity contribution in [1.29, 1.82) is 0 Å². The number of carbonyl (C=O) groups is 2. The minimum absolute atomic E-state index is 0.0719. The van der Waals surface area contributed by atoms with Crippen molar-refractivity contribution < 1.29 is 14.3 Å². The molecule has 26 heavy (non-hydrogen) atoms. The highest BCUT2D eigenvalue weighted by Crippen LogP contribution is 2.23. The Bertz CT molecular complexity index is 797. The van der Waals surface area contributed by atoms with Crippen LogP contribution in [-0.4, -0.2) is 54.7 Å². The van der Waals surface area contributed by atoms with Gasteiger partial charge in [0.2, 0.25) is 0 Å². The van der Waals surface area contributed by atoms with Crippen LogP contribution >= 0.6 is 12.2 Å². The van der Waals surface area contributed by atoms with E-state index >= 15 is 0 Å². The highest BCUT2D eigenvalue weighted by molar-refractivity contribution is 7.80. The predicted octanol–water partition coefficient (Wildman–Crippen LogP) is 1.64. The second-order valence-corrected chi connectivity index (χ2v) is 6.55. The molecule has 0 radical (unpaired) electrons. The summed E-state index contributed by atoms with van der Waals surface area (Å²) in [7, 11) is 0. The lowest BCUT2D eigenvalue weighted by Gasteiger charge is -2.29. The number of thiocarbonyl (C=S) groups is 1.